The number of carbonyl (C=O) groups excluding carboxylic acids is 1. The highest BCUT2D eigenvalue weighted by atomic mass is 35.5. The van der Waals surface area contributed by atoms with Gasteiger partial charge in [0, 0.05) is 12.1 Å². The van der Waals surface area contributed by atoms with Gasteiger partial charge in [-0.15, -0.1) is 0 Å². The van der Waals surface area contributed by atoms with Gasteiger partial charge in [-0.1, -0.05) is 23.7 Å². The molecule has 122 valence electrons. The van der Waals surface area contributed by atoms with Gasteiger partial charge in [0.2, 0.25) is 0 Å². The van der Waals surface area contributed by atoms with Crippen LogP contribution in [0.5, 0.6) is 11.5 Å². The highest BCUT2D eigenvalue weighted by Crippen LogP contribution is 2.30. The Balaban J connectivity index is 2.19. The number of halogens is 3. The number of hydrogen-bond acceptors (Lipinski definition) is 3. The number of carbonyl (C=O) groups is 1. The van der Waals surface area contributed by atoms with Crippen LogP contribution in [0.3, 0.4) is 0 Å². The molecule has 0 aromatic heterocycles. The third kappa shape index (κ3) is 3.71. The molecule has 2 aromatic rings. The van der Waals surface area contributed by atoms with Gasteiger partial charge in [0.05, 0.1) is 24.8 Å². The topological polar surface area (TPSA) is 47.6 Å². The van der Waals surface area contributed by atoms with Gasteiger partial charge in [-0.05, 0) is 18.2 Å². The Morgan fingerprint density at radius 2 is 1.87 bits per heavy atom. The average molecular weight is 342 g/mol. The van der Waals surface area contributed by atoms with Crippen LogP contribution in [0.2, 0.25) is 5.02 Å². The number of benzene rings is 2. The molecule has 2 aromatic carbocycles. The summed E-state index contributed by atoms with van der Waals surface area (Å²) in [4.78, 5) is 12.1. The molecule has 0 atom stereocenters. The third-order valence-electron chi connectivity index (χ3n) is 3.18. The number of ether oxygens (including phenoxy) is 2. The molecule has 0 fully saturated rings. The molecule has 4 nitrogen and oxygen atoms in total. The molecule has 0 unspecified atom stereocenters. The van der Waals surface area contributed by atoms with Crippen LogP contribution >= 0.6 is 11.6 Å². The van der Waals surface area contributed by atoms with E-state index in [2.05, 4.69) is 5.32 Å². The summed E-state index contributed by atoms with van der Waals surface area (Å²) in [6.45, 7) is 0.106. The minimum atomic E-state index is -1.14. The molecule has 0 spiro atoms. The zero-order chi connectivity index (χ0) is 17.0. The predicted octanol–water partition coefficient (Wildman–Crippen LogP) is 3.57. The molecular weight excluding hydrogens is 328 g/mol. The van der Waals surface area contributed by atoms with Gasteiger partial charge >= 0.3 is 0 Å². The van der Waals surface area contributed by atoms with E-state index in [0.29, 0.717) is 17.1 Å². The summed E-state index contributed by atoms with van der Waals surface area (Å²) in [5.74, 6) is -1.88. The first-order valence-corrected chi connectivity index (χ1v) is 6.98. The first kappa shape index (κ1) is 17.0. The molecule has 0 aliphatic carbocycles. The lowest BCUT2D eigenvalue weighted by Crippen LogP contribution is -2.23. The van der Waals surface area contributed by atoms with E-state index in [9.17, 15) is 13.6 Å². The lowest BCUT2D eigenvalue weighted by atomic mass is 10.1. The normalized spacial score (nSPS) is 10.3. The fourth-order valence-corrected chi connectivity index (χ4v) is 2.30. The lowest BCUT2D eigenvalue weighted by Gasteiger charge is -2.13. The van der Waals surface area contributed by atoms with E-state index < -0.39 is 17.5 Å². The van der Waals surface area contributed by atoms with E-state index in [-0.39, 0.29) is 17.1 Å². The molecule has 0 bridgehead atoms. The second-order valence-electron chi connectivity index (χ2n) is 4.58. The van der Waals surface area contributed by atoms with Crippen molar-refractivity contribution >= 4 is 17.5 Å². The van der Waals surface area contributed by atoms with Crippen LogP contribution in [0.1, 0.15) is 15.9 Å². The molecular formula is C16H14ClF2NO3. The van der Waals surface area contributed by atoms with E-state index in [1.807, 2.05) is 0 Å². The molecule has 0 aliphatic rings. The predicted molar refractivity (Wildman–Crippen MR) is 82.1 cm³/mol. The second-order valence-corrected chi connectivity index (χ2v) is 4.99. The number of amides is 1. The number of hydrogen-bond donors (Lipinski definition) is 1. The molecule has 0 aliphatic heterocycles. The van der Waals surface area contributed by atoms with Gasteiger partial charge in [0.25, 0.3) is 5.91 Å². The molecule has 1 N–H and O–H groups in total. The van der Waals surface area contributed by atoms with Crippen LogP contribution in [0, 0.1) is 11.6 Å². The maximum atomic E-state index is 13.3. The van der Waals surface area contributed by atoms with Crippen molar-refractivity contribution in [3.05, 3.63) is 58.1 Å². The molecule has 2 rings (SSSR count). The zero-order valence-electron chi connectivity index (χ0n) is 12.5. The van der Waals surface area contributed by atoms with Crippen LogP contribution in [-0.4, -0.2) is 20.1 Å². The molecule has 1 amide bonds. The standard InChI is InChI=1S/C16H14ClF2NO3/c1-22-14-5-3-4-9(15(14)23-2)8-20-16(21)10-6-12(18)13(19)7-11(10)17/h3-7H,8H2,1-2H3,(H,20,21). The summed E-state index contributed by atoms with van der Waals surface area (Å²) in [5.41, 5.74) is 0.520. The number of methoxy groups -OCH3 is 2. The monoisotopic (exact) mass is 341 g/mol. The van der Waals surface area contributed by atoms with Crippen molar-refractivity contribution in [2.24, 2.45) is 0 Å². The Labute approximate surface area is 137 Å². The van der Waals surface area contributed by atoms with E-state index in [4.69, 9.17) is 21.1 Å². The van der Waals surface area contributed by atoms with Crippen molar-refractivity contribution in [3.63, 3.8) is 0 Å². The third-order valence-corrected chi connectivity index (χ3v) is 3.49. The van der Waals surface area contributed by atoms with Crippen molar-refractivity contribution in [3.8, 4) is 11.5 Å². The molecule has 23 heavy (non-hydrogen) atoms. The fourth-order valence-electron chi connectivity index (χ4n) is 2.06. The van der Waals surface area contributed by atoms with E-state index in [1.165, 1.54) is 14.2 Å². The second kappa shape index (κ2) is 7.28. The highest BCUT2D eigenvalue weighted by Gasteiger charge is 2.16. The summed E-state index contributed by atoms with van der Waals surface area (Å²) in [5, 5.41) is 2.41. The van der Waals surface area contributed by atoms with Crippen LogP contribution in [0.4, 0.5) is 8.78 Å². The Hall–Kier alpha value is -2.34. The Bertz CT molecular complexity index is 738. The highest BCUT2D eigenvalue weighted by molar-refractivity contribution is 6.33. The summed E-state index contributed by atoms with van der Waals surface area (Å²) in [7, 11) is 2.98. The fraction of sp³-hybridized carbons (Fsp3) is 0.188. The molecule has 0 saturated heterocycles. The lowest BCUT2D eigenvalue weighted by molar-refractivity contribution is 0.0950. The first-order valence-electron chi connectivity index (χ1n) is 6.60. The number of rotatable bonds is 5. The number of para-hydroxylation sites is 1. The van der Waals surface area contributed by atoms with E-state index >= 15 is 0 Å². The quantitative estimate of drug-likeness (QED) is 0.846. The van der Waals surface area contributed by atoms with Gasteiger partial charge in [-0.25, -0.2) is 8.78 Å². The molecule has 7 heteroatoms. The molecule has 0 heterocycles. The Kier molecular flexibility index (Phi) is 5.39. The smallest absolute Gasteiger partial charge is 0.253 e. The average Bonchev–Trinajstić information content (AvgIpc) is 2.55. The zero-order valence-corrected chi connectivity index (χ0v) is 13.2. The summed E-state index contributed by atoms with van der Waals surface area (Å²) >= 11 is 5.77. The van der Waals surface area contributed by atoms with Crippen molar-refractivity contribution in [2.75, 3.05) is 14.2 Å². The van der Waals surface area contributed by atoms with Crippen molar-refractivity contribution in [1.29, 1.82) is 0 Å². The van der Waals surface area contributed by atoms with Gasteiger partial charge in [-0.2, -0.15) is 0 Å². The minimum Gasteiger partial charge on any atom is -0.493 e. The maximum Gasteiger partial charge on any atom is 0.253 e. The summed E-state index contributed by atoms with van der Waals surface area (Å²) in [6.07, 6.45) is 0. The Morgan fingerprint density at radius 1 is 1.17 bits per heavy atom. The summed E-state index contributed by atoms with van der Waals surface area (Å²) in [6, 6.07) is 6.73. The van der Waals surface area contributed by atoms with Crippen LogP contribution in [0.25, 0.3) is 0 Å². The molecule has 0 saturated carbocycles. The largest absolute Gasteiger partial charge is 0.493 e. The van der Waals surface area contributed by atoms with Crippen molar-refractivity contribution in [2.45, 2.75) is 6.54 Å². The minimum absolute atomic E-state index is 0.106. The van der Waals surface area contributed by atoms with Gasteiger partial charge in [0.1, 0.15) is 0 Å². The summed E-state index contributed by atoms with van der Waals surface area (Å²) < 4.78 is 36.7. The van der Waals surface area contributed by atoms with Gasteiger partial charge in [0.15, 0.2) is 23.1 Å². The van der Waals surface area contributed by atoms with Gasteiger partial charge in [-0.3, -0.25) is 4.79 Å². The first-order chi connectivity index (χ1) is 11.0. The van der Waals surface area contributed by atoms with Crippen molar-refractivity contribution in [1.82, 2.24) is 5.32 Å². The van der Waals surface area contributed by atoms with Crippen LogP contribution in [0.15, 0.2) is 30.3 Å². The van der Waals surface area contributed by atoms with Crippen molar-refractivity contribution < 1.29 is 23.0 Å². The van der Waals surface area contributed by atoms with Gasteiger partial charge < -0.3 is 14.8 Å². The SMILES string of the molecule is COc1cccc(CNC(=O)c2cc(F)c(F)cc2Cl)c1OC. The van der Waals surface area contributed by atoms with Crippen LogP contribution in [-0.2, 0) is 6.54 Å². The van der Waals surface area contributed by atoms with Crippen LogP contribution < -0.4 is 14.8 Å². The number of nitrogens with one attached hydrogen (secondary N) is 1. The molecule has 0 radical (unpaired) electrons. The van der Waals surface area contributed by atoms with E-state index in [0.717, 1.165) is 12.1 Å². The maximum absolute atomic E-state index is 13.3. The Morgan fingerprint density at radius 3 is 2.52 bits per heavy atom. The van der Waals surface area contributed by atoms with E-state index in [1.54, 1.807) is 18.2 Å².